The van der Waals surface area contributed by atoms with Crippen LogP contribution < -0.4 is 10.6 Å². The van der Waals surface area contributed by atoms with Crippen molar-refractivity contribution < 1.29 is 9.36 Å². The molecule has 0 saturated carbocycles. The summed E-state index contributed by atoms with van der Waals surface area (Å²) in [5.74, 6) is 0.123. The average Bonchev–Trinajstić information content (AvgIpc) is 2.68. The highest BCUT2D eigenvalue weighted by Gasteiger charge is 2.27. The number of carbonyl (C=O) groups excluding carboxylic acids is 1. The van der Waals surface area contributed by atoms with Crippen molar-refractivity contribution in [3.63, 3.8) is 0 Å². The number of carbonyl (C=O) groups is 1. The first-order chi connectivity index (χ1) is 12.2. The number of rotatable bonds is 7. The Labute approximate surface area is 148 Å². The fraction of sp³-hybridized carbons (Fsp3) is 0.136. The van der Waals surface area contributed by atoms with Crippen LogP contribution in [0.5, 0.6) is 0 Å². The molecule has 2 nitrogen and oxygen atoms in total. The van der Waals surface area contributed by atoms with Gasteiger partial charge in [0, 0.05) is 29.6 Å². The summed E-state index contributed by atoms with van der Waals surface area (Å²) in [6, 6.07) is 28.7. The smallest absolute Gasteiger partial charge is 0.143 e. The van der Waals surface area contributed by atoms with Crippen LogP contribution in [0, 0.1) is 0 Å². The molecule has 126 valence electrons. The quantitative estimate of drug-likeness (QED) is 0.600. The summed E-state index contributed by atoms with van der Waals surface area (Å²) in [5.41, 5.74) is 1.00. The van der Waals surface area contributed by atoms with Crippen LogP contribution in [0.25, 0.3) is 0 Å². The lowest BCUT2D eigenvalue weighted by Crippen LogP contribution is -2.20. The Hall–Kier alpha value is -2.44. The Morgan fingerprint density at radius 1 is 0.680 bits per heavy atom. The summed E-state index contributed by atoms with van der Waals surface area (Å²) in [6.45, 7) is 0. The summed E-state index contributed by atoms with van der Waals surface area (Å²) >= 11 is 0. The maximum absolute atomic E-state index is 13.8. The Bertz CT molecular complexity index is 815. The van der Waals surface area contributed by atoms with Crippen LogP contribution in [0.3, 0.4) is 0 Å². The lowest BCUT2D eigenvalue weighted by atomic mass is 10.1. The van der Waals surface area contributed by atoms with Gasteiger partial charge in [-0.15, -0.1) is 0 Å². The third-order valence-electron chi connectivity index (χ3n) is 4.30. The van der Waals surface area contributed by atoms with E-state index in [4.69, 9.17) is 0 Å². The van der Waals surface area contributed by atoms with E-state index in [-0.39, 0.29) is 5.78 Å². The minimum atomic E-state index is -2.80. The van der Waals surface area contributed by atoms with Crippen LogP contribution in [0.15, 0.2) is 91.0 Å². The van der Waals surface area contributed by atoms with Gasteiger partial charge >= 0.3 is 0 Å². The van der Waals surface area contributed by atoms with Crippen LogP contribution >= 0.6 is 7.14 Å². The largest absolute Gasteiger partial charge is 0.314 e. The Kier molecular flexibility index (Phi) is 5.63. The molecule has 3 aromatic carbocycles. The molecule has 0 atom stereocenters. The van der Waals surface area contributed by atoms with Crippen LogP contribution in [-0.4, -0.2) is 11.9 Å². The van der Waals surface area contributed by atoms with Crippen molar-refractivity contribution in [2.45, 2.75) is 12.8 Å². The van der Waals surface area contributed by atoms with Crippen molar-refractivity contribution in [2.75, 3.05) is 6.16 Å². The molecule has 0 heterocycles. The molecule has 0 N–H and O–H groups in total. The van der Waals surface area contributed by atoms with Crippen molar-refractivity contribution >= 4 is 23.5 Å². The van der Waals surface area contributed by atoms with Crippen molar-refractivity contribution in [3.05, 3.63) is 96.6 Å². The average molecular weight is 348 g/mol. The maximum Gasteiger partial charge on any atom is 0.143 e. The van der Waals surface area contributed by atoms with Gasteiger partial charge in [0.2, 0.25) is 0 Å². The van der Waals surface area contributed by atoms with E-state index >= 15 is 0 Å². The van der Waals surface area contributed by atoms with E-state index in [0.29, 0.717) is 19.0 Å². The van der Waals surface area contributed by atoms with Crippen LogP contribution in [0.4, 0.5) is 0 Å². The van der Waals surface area contributed by atoms with Gasteiger partial charge < -0.3 is 4.57 Å². The van der Waals surface area contributed by atoms with Gasteiger partial charge in [0.25, 0.3) is 0 Å². The Balaban J connectivity index is 1.79. The fourth-order valence-corrected chi connectivity index (χ4v) is 5.63. The highest BCUT2D eigenvalue weighted by molar-refractivity contribution is 7.78. The third kappa shape index (κ3) is 4.35. The van der Waals surface area contributed by atoms with Crippen LogP contribution in [0.2, 0.25) is 0 Å². The molecule has 0 amide bonds. The zero-order valence-electron chi connectivity index (χ0n) is 14.0. The highest BCUT2D eigenvalue weighted by Crippen LogP contribution is 2.43. The van der Waals surface area contributed by atoms with E-state index in [2.05, 4.69) is 0 Å². The molecule has 0 bridgehead atoms. The fourth-order valence-electron chi connectivity index (χ4n) is 2.94. The van der Waals surface area contributed by atoms with E-state index in [9.17, 15) is 9.36 Å². The molecule has 0 saturated heterocycles. The Morgan fingerprint density at radius 3 is 1.60 bits per heavy atom. The molecule has 0 aromatic heterocycles. The SMILES string of the molecule is O=C(CCP(=O)(c1ccccc1)c1ccccc1)Cc1ccccc1. The van der Waals surface area contributed by atoms with E-state index < -0.39 is 7.14 Å². The normalized spacial score (nSPS) is 11.2. The minimum Gasteiger partial charge on any atom is -0.314 e. The van der Waals surface area contributed by atoms with Gasteiger partial charge in [-0.1, -0.05) is 91.0 Å². The van der Waals surface area contributed by atoms with Crippen molar-refractivity contribution in [3.8, 4) is 0 Å². The number of hydrogen-bond donors (Lipinski definition) is 0. The molecule has 0 aliphatic carbocycles. The molecule has 0 aliphatic heterocycles. The van der Waals surface area contributed by atoms with E-state index in [1.165, 1.54) is 0 Å². The zero-order chi connectivity index (χ0) is 17.5. The van der Waals surface area contributed by atoms with Gasteiger partial charge in [-0.05, 0) is 5.56 Å². The summed E-state index contributed by atoms with van der Waals surface area (Å²) in [6.07, 6.45) is 1.08. The topological polar surface area (TPSA) is 34.1 Å². The molecule has 3 aromatic rings. The molecule has 3 rings (SSSR count). The van der Waals surface area contributed by atoms with Crippen molar-refractivity contribution in [1.29, 1.82) is 0 Å². The summed E-state index contributed by atoms with van der Waals surface area (Å²) < 4.78 is 13.8. The molecule has 25 heavy (non-hydrogen) atoms. The zero-order valence-corrected chi connectivity index (χ0v) is 14.9. The second-order valence-corrected chi connectivity index (χ2v) is 9.04. The lowest BCUT2D eigenvalue weighted by molar-refractivity contribution is -0.118. The maximum atomic E-state index is 13.8. The van der Waals surface area contributed by atoms with E-state index in [1.54, 1.807) is 0 Å². The molecular formula is C22H21O2P. The second kappa shape index (κ2) is 8.09. The van der Waals surface area contributed by atoms with E-state index in [1.807, 2.05) is 91.0 Å². The monoisotopic (exact) mass is 348 g/mol. The van der Waals surface area contributed by atoms with E-state index in [0.717, 1.165) is 16.2 Å². The van der Waals surface area contributed by atoms with Gasteiger partial charge in [-0.25, -0.2) is 0 Å². The molecule has 0 spiro atoms. The first-order valence-corrected chi connectivity index (χ1v) is 10.3. The van der Waals surface area contributed by atoms with Gasteiger partial charge in [0.05, 0.1) is 0 Å². The summed E-state index contributed by atoms with van der Waals surface area (Å²) in [7, 11) is -2.80. The predicted octanol–water partition coefficient (Wildman–Crippen LogP) is 4.20. The third-order valence-corrected chi connectivity index (χ3v) is 7.41. The number of benzene rings is 3. The Morgan fingerprint density at radius 2 is 1.12 bits per heavy atom. The molecule has 3 heteroatoms. The number of hydrogen-bond acceptors (Lipinski definition) is 2. The van der Waals surface area contributed by atoms with Gasteiger partial charge in [-0.3, -0.25) is 4.79 Å². The van der Waals surface area contributed by atoms with Crippen LogP contribution in [0.1, 0.15) is 12.0 Å². The lowest BCUT2D eigenvalue weighted by Gasteiger charge is -2.19. The van der Waals surface area contributed by atoms with Crippen molar-refractivity contribution in [1.82, 2.24) is 0 Å². The van der Waals surface area contributed by atoms with Crippen LogP contribution in [-0.2, 0) is 15.8 Å². The second-order valence-electron chi connectivity index (χ2n) is 6.09. The molecular weight excluding hydrogens is 327 g/mol. The molecule has 0 aliphatic rings. The predicted molar refractivity (Wildman–Crippen MR) is 104 cm³/mol. The first kappa shape index (κ1) is 17.4. The van der Waals surface area contributed by atoms with Gasteiger partial charge in [0.1, 0.15) is 12.9 Å². The van der Waals surface area contributed by atoms with Crippen molar-refractivity contribution in [2.24, 2.45) is 0 Å². The molecule has 0 radical (unpaired) electrons. The standard InChI is InChI=1S/C22H21O2P/c23-20(18-19-10-4-1-5-11-19)16-17-25(24,21-12-6-2-7-13-21)22-14-8-3-9-15-22/h1-15H,16-18H2. The highest BCUT2D eigenvalue weighted by atomic mass is 31.2. The summed E-state index contributed by atoms with van der Waals surface area (Å²) in [4.78, 5) is 12.4. The van der Waals surface area contributed by atoms with Gasteiger partial charge in [-0.2, -0.15) is 0 Å². The number of ketones is 1. The minimum absolute atomic E-state index is 0.123. The number of Topliss-reactive ketones (excluding diaryl/α,β-unsaturated/α-hetero) is 1. The molecule has 0 unspecified atom stereocenters. The first-order valence-electron chi connectivity index (χ1n) is 8.44. The summed E-state index contributed by atoms with van der Waals surface area (Å²) in [5, 5.41) is 1.63. The van der Waals surface area contributed by atoms with Gasteiger partial charge in [0.15, 0.2) is 0 Å². The molecule has 0 fully saturated rings.